The Kier molecular flexibility index (Phi) is 6.07. The quantitative estimate of drug-likeness (QED) is 0.793. The number of thioether (sulfide) groups is 1. The summed E-state index contributed by atoms with van der Waals surface area (Å²) < 4.78 is 0.539. The average Bonchev–Trinajstić information content (AvgIpc) is 2.96. The molecule has 1 unspecified atom stereocenters. The first kappa shape index (κ1) is 17.6. The third-order valence-electron chi connectivity index (χ3n) is 6.22. The lowest BCUT2D eigenvalue weighted by atomic mass is 9.85. The van der Waals surface area contributed by atoms with Gasteiger partial charge < -0.3 is 5.32 Å². The number of hydrogen-bond donors (Lipinski definition) is 1. The average molecular weight is 313 g/mol. The lowest BCUT2D eigenvalue weighted by molar-refractivity contribution is 0.0431. The lowest BCUT2D eigenvalue weighted by Gasteiger charge is -2.51. The van der Waals surface area contributed by atoms with Crippen LogP contribution in [-0.2, 0) is 0 Å². The van der Waals surface area contributed by atoms with Gasteiger partial charge in [-0.1, -0.05) is 40.5 Å². The van der Waals surface area contributed by atoms with Crippen molar-refractivity contribution in [3.8, 4) is 0 Å². The van der Waals surface area contributed by atoms with Crippen molar-refractivity contribution in [3.05, 3.63) is 0 Å². The van der Waals surface area contributed by atoms with E-state index in [0.29, 0.717) is 16.3 Å². The molecule has 1 heterocycles. The minimum absolute atomic E-state index is 0.351. The smallest absolute Gasteiger partial charge is 0.0304 e. The lowest BCUT2D eigenvalue weighted by Crippen LogP contribution is -2.66. The summed E-state index contributed by atoms with van der Waals surface area (Å²) in [5.41, 5.74) is 0.351. The van der Waals surface area contributed by atoms with Crippen LogP contribution in [0.1, 0.15) is 66.2 Å². The summed E-state index contributed by atoms with van der Waals surface area (Å²) in [4.78, 5) is 2.86. The maximum absolute atomic E-state index is 3.90. The van der Waals surface area contributed by atoms with Gasteiger partial charge in [0.05, 0.1) is 0 Å². The fraction of sp³-hybridized carbons (Fsp3) is 1.00. The molecule has 0 bridgehead atoms. The molecule has 0 amide bonds. The van der Waals surface area contributed by atoms with Crippen LogP contribution in [0.2, 0.25) is 0 Å². The zero-order valence-corrected chi connectivity index (χ0v) is 15.7. The molecule has 0 radical (unpaired) electrons. The normalized spacial score (nSPS) is 29.1. The predicted octanol–water partition coefficient (Wildman–Crippen LogP) is 4.15. The highest BCUT2D eigenvalue weighted by molar-refractivity contribution is 8.00. The molecule has 1 atom stereocenters. The minimum Gasteiger partial charge on any atom is -0.308 e. The first-order chi connectivity index (χ1) is 10.00. The van der Waals surface area contributed by atoms with Crippen LogP contribution in [0.15, 0.2) is 0 Å². The zero-order valence-electron chi connectivity index (χ0n) is 14.9. The zero-order chi connectivity index (χ0) is 15.5. The predicted molar refractivity (Wildman–Crippen MR) is 96.2 cm³/mol. The summed E-state index contributed by atoms with van der Waals surface area (Å²) in [7, 11) is 0. The monoisotopic (exact) mass is 312 g/mol. The molecule has 21 heavy (non-hydrogen) atoms. The summed E-state index contributed by atoms with van der Waals surface area (Å²) >= 11 is 2.14. The SMILES string of the molecule is CCC1(CC)CN(CC2(SC)CCCC2)C(C(C)C)CN1. The molecule has 0 aromatic carbocycles. The van der Waals surface area contributed by atoms with Gasteiger partial charge in [0.2, 0.25) is 0 Å². The second-order valence-corrected chi connectivity index (χ2v) is 8.95. The molecule has 0 aromatic heterocycles. The number of rotatable bonds is 6. The maximum Gasteiger partial charge on any atom is 0.0304 e. The van der Waals surface area contributed by atoms with E-state index >= 15 is 0 Å². The van der Waals surface area contributed by atoms with Gasteiger partial charge >= 0.3 is 0 Å². The Labute approximate surface area is 136 Å². The number of nitrogens with zero attached hydrogens (tertiary/aromatic N) is 1. The fourth-order valence-electron chi connectivity index (χ4n) is 4.38. The van der Waals surface area contributed by atoms with Crippen molar-refractivity contribution in [3.63, 3.8) is 0 Å². The van der Waals surface area contributed by atoms with E-state index < -0.39 is 0 Å². The summed E-state index contributed by atoms with van der Waals surface area (Å²) in [6.07, 6.45) is 10.6. The van der Waals surface area contributed by atoms with Crippen LogP contribution in [0, 0.1) is 5.92 Å². The van der Waals surface area contributed by atoms with E-state index in [4.69, 9.17) is 0 Å². The summed E-state index contributed by atoms with van der Waals surface area (Å²) in [6, 6.07) is 0.709. The second-order valence-electron chi connectivity index (χ2n) is 7.68. The van der Waals surface area contributed by atoms with Gasteiger partial charge in [0.25, 0.3) is 0 Å². The van der Waals surface area contributed by atoms with Crippen LogP contribution in [0.5, 0.6) is 0 Å². The molecule has 2 fully saturated rings. The molecule has 3 heteroatoms. The van der Waals surface area contributed by atoms with Gasteiger partial charge in [-0.3, -0.25) is 4.90 Å². The first-order valence-electron chi connectivity index (χ1n) is 9.04. The summed E-state index contributed by atoms with van der Waals surface area (Å²) in [5, 5.41) is 3.90. The van der Waals surface area contributed by atoms with Gasteiger partial charge in [-0.25, -0.2) is 0 Å². The Bertz CT molecular complexity index is 319. The fourth-order valence-corrected chi connectivity index (χ4v) is 5.37. The van der Waals surface area contributed by atoms with Gasteiger partial charge in [-0.15, -0.1) is 0 Å². The van der Waals surface area contributed by atoms with Crippen LogP contribution in [-0.4, -0.2) is 47.1 Å². The minimum atomic E-state index is 0.351. The molecule has 1 aliphatic carbocycles. The van der Waals surface area contributed by atoms with Gasteiger partial charge in [0.1, 0.15) is 0 Å². The van der Waals surface area contributed by atoms with Crippen LogP contribution in [0.25, 0.3) is 0 Å². The molecule has 0 aromatic rings. The largest absolute Gasteiger partial charge is 0.308 e. The molecule has 2 nitrogen and oxygen atoms in total. The molecule has 2 rings (SSSR count). The molecule has 1 saturated carbocycles. The maximum atomic E-state index is 3.90. The second kappa shape index (κ2) is 7.23. The van der Waals surface area contributed by atoms with E-state index in [-0.39, 0.29) is 0 Å². The van der Waals surface area contributed by atoms with Crippen molar-refractivity contribution in [1.29, 1.82) is 0 Å². The highest BCUT2D eigenvalue weighted by Gasteiger charge is 2.42. The highest BCUT2D eigenvalue weighted by Crippen LogP contribution is 2.42. The standard InChI is InChI=1S/C18H36N2S/c1-6-17(7-2)13-20(16(12-19-17)15(3)4)14-18(21-5)10-8-9-11-18/h15-16,19H,6-14H2,1-5H3. The Balaban J connectivity index is 2.14. The van der Waals surface area contributed by atoms with Gasteiger partial charge in [-0.2, -0.15) is 11.8 Å². The van der Waals surface area contributed by atoms with Gasteiger partial charge in [0, 0.05) is 36.0 Å². The van der Waals surface area contributed by atoms with E-state index in [0.717, 1.165) is 5.92 Å². The van der Waals surface area contributed by atoms with Crippen molar-refractivity contribution in [2.45, 2.75) is 82.5 Å². The summed E-state index contributed by atoms with van der Waals surface area (Å²) in [6.45, 7) is 13.2. The van der Waals surface area contributed by atoms with E-state index in [9.17, 15) is 0 Å². The topological polar surface area (TPSA) is 15.3 Å². The molecular weight excluding hydrogens is 276 g/mol. The number of hydrogen-bond acceptors (Lipinski definition) is 3. The van der Waals surface area contributed by atoms with E-state index in [1.54, 1.807) is 0 Å². The van der Waals surface area contributed by atoms with Crippen LogP contribution < -0.4 is 5.32 Å². The van der Waals surface area contributed by atoms with Gasteiger partial charge in [0.15, 0.2) is 0 Å². The third-order valence-corrected chi connectivity index (χ3v) is 7.63. The number of nitrogens with one attached hydrogen (secondary N) is 1. The Morgan fingerprint density at radius 3 is 2.29 bits per heavy atom. The van der Waals surface area contributed by atoms with Crippen molar-refractivity contribution < 1.29 is 0 Å². The van der Waals surface area contributed by atoms with Gasteiger partial charge in [-0.05, 0) is 37.9 Å². The molecule has 1 aliphatic heterocycles. The van der Waals surface area contributed by atoms with Crippen LogP contribution in [0.3, 0.4) is 0 Å². The van der Waals surface area contributed by atoms with Crippen molar-refractivity contribution in [2.24, 2.45) is 5.92 Å². The van der Waals surface area contributed by atoms with Crippen LogP contribution in [0.4, 0.5) is 0 Å². The molecule has 124 valence electrons. The van der Waals surface area contributed by atoms with E-state index in [1.165, 1.54) is 58.2 Å². The van der Waals surface area contributed by atoms with Crippen molar-refractivity contribution in [2.75, 3.05) is 25.9 Å². The van der Waals surface area contributed by atoms with E-state index in [2.05, 4.69) is 55.9 Å². The van der Waals surface area contributed by atoms with Crippen molar-refractivity contribution in [1.82, 2.24) is 10.2 Å². The van der Waals surface area contributed by atoms with Crippen LogP contribution >= 0.6 is 11.8 Å². The third kappa shape index (κ3) is 3.79. The molecular formula is C18H36N2S. The molecule has 2 aliphatic rings. The molecule has 1 N–H and O–H groups in total. The molecule has 1 saturated heterocycles. The Morgan fingerprint density at radius 2 is 1.81 bits per heavy atom. The summed E-state index contributed by atoms with van der Waals surface area (Å²) in [5.74, 6) is 0.740. The van der Waals surface area contributed by atoms with Crippen molar-refractivity contribution >= 4 is 11.8 Å². The first-order valence-corrected chi connectivity index (χ1v) is 10.3. The Morgan fingerprint density at radius 1 is 1.19 bits per heavy atom. The van der Waals surface area contributed by atoms with E-state index in [1.807, 2.05) is 0 Å². The molecule has 0 spiro atoms. The Hall–Kier alpha value is 0.270. The highest BCUT2D eigenvalue weighted by atomic mass is 32.2. The number of piperazine rings is 1.